The van der Waals surface area contributed by atoms with Crippen molar-refractivity contribution in [2.24, 2.45) is 0 Å². The number of hydrogen-bond donors (Lipinski definition) is 2. The topological polar surface area (TPSA) is 116 Å². The van der Waals surface area contributed by atoms with Gasteiger partial charge >= 0.3 is 0 Å². The quantitative estimate of drug-likeness (QED) is 0.247. The largest absolute Gasteiger partial charge is 0.369 e. The van der Waals surface area contributed by atoms with Crippen LogP contribution in [0.15, 0.2) is 60.8 Å². The zero-order valence-corrected chi connectivity index (χ0v) is 27.8. The summed E-state index contributed by atoms with van der Waals surface area (Å²) in [6.45, 7) is 4.85. The Morgan fingerprint density at radius 2 is 1.75 bits per heavy atom. The van der Waals surface area contributed by atoms with Crippen molar-refractivity contribution in [3.63, 3.8) is 0 Å². The summed E-state index contributed by atoms with van der Waals surface area (Å²) in [5.41, 5.74) is 5.81. The number of carbonyl (C=O) groups is 3. The molecule has 4 heterocycles. The maximum atomic E-state index is 13.0. The van der Waals surface area contributed by atoms with E-state index in [0.29, 0.717) is 24.5 Å². The molecule has 2 aromatic heterocycles. The van der Waals surface area contributed by atoms with Crippen molar-refractivity contribution in [3.8, 4) is 0 Å². The standard InChI is InChI=1S/C37H44N8O3/c1-42(2)36(48)32-23-27-24-38-37(41-34(27)45(32)30-8-3-4-9-30)39-28-10-12-29(13-11-28)44-20-18-43(19-21-44)17-16-25-6-5-7-26(22-25)31-14-15-33(46)40-35(31)47/h5-7,10-13,22-24,30-31H,3-4,8-9,14-21H2,1-2H3,(H,38,39,41)(H,40,46,47). The van der Waals surface area contributed by atoms with E-state index in [1.54, 1.807) is 19.0 Å². The number of carbonyl (C=O) groups excluding carboxylic acids is 3. The Kier molecular flexibility index (Phi) is 9.12. The van der Waals surface area contributed by atoms with Gasteiger partial charge in [0.05, 0.1) is 5.92 Å². The number of piperazine rings is 1. The molecule has 1 atom stereocenters. The minimum Gasteiger partial charge on any atom is -0.369 e. The van der Waals surface area contributed by atoms with Gasteiger partial charge in [-0.3, -0.25) is 24.6 Å². The molecule has 48 heavy (non-hydrogen) atoms. The predicted molar refractivity (Wildman–Crippen MR) is 187 cm³/mol. The molecule has 2 N–H and O–H groups in total. The lowest BCUT2D eigenvalue weighted by Crippen LogP contribution is -2.47. The van der Waals surface area contributed by atoms with E-state index in [1.807, 2.05) is 24.4 Å². The molecule has 3 fully saturated rings. The van der Waals surface area contributed by atoms with Crippen LogP contribution >= 0.6 is 0 Å². The molecule has 250 valence electrons. The van der Waals surface area contributed by atoms with E-state index in [-0.39, 0.29) is 29.7 Å². The molecule has 1 saturated carbocycles. The number of aromatic nitrogens is 3. The average molecular weight is 649 g/mol. The molecule has 2 saturated heterocycles. The number of nitrogens with one attached hydrogen (secondary N) is 2. The first-order chi connectivity index (χ1) is 23.3. The molecule has 0 spiro atoms. The highest BCUT2D eigenvalue weighted by atomic mass is 16.2. The van der Waals surface area contributed by atoms with Gasteiger partial charge < -0.3 is 19.7 Å². The molecule has 3 amide bonds. The number of hydrogen-bond acceptors (Lipinski definition) is 8. The summed E-state index contributed by atoms with van der Waals surface area (Å²) in [6.07, 6.45) is 8.15. The second-order valence-electron chi connectivity index (χ2n) is 13.5. The van der Waals surface area contributed by atoms with E-state index < -0.39 is 0 Å². The molecule has 4 aromatic rings. The molecule has 1 aliphatic carbocycles. The van der Waals surface area contributed by atoms with Crippen LogP contribution in [0.2, 0.25) is 0 Å². The molecule has 0 bridgehead atoms. The Bertz CT molecular complexity index is 1800. The van der Waals surface area contributed by atoms with E-state index in [9.17, 15) is 14.4 Å². The van der Waals surface area contributed by atoms with Crippen molar-refractivity contribution in [1.29, 1.82) is 0 Å². The van der Waals surface area contributed by atoms with Gasteiger partial charge in [-0.1, -0.05) is 37.1 Å². The summed E-state index contributed by atoms with van der Waals surface area (Å²) in [7, 11) is 3.58. The van der Waals surface area contributed by atoms with Crippen molar-refractivity contribution in [1.82, 2.24) is 29.7 Å². The van der Waals surface area contributed by atoms with Gasteiger partial charge in [0.1, 0.15) is 11.3 Å². The lowest BCUT2D eigenvalue weighted by atomic mass is 9.89. The highest BCUT2D eigenvalue weighted by Crippen LogP contribution is 2.35. The fourth-order valence-corrected chi connectivity index (χ4v) is 7.37. The van der Waals surface area contributed by atoms with Crippen molar-refractivity contribution >= 4 is 46.1 Å². The fourth-order valence-electron chi connectivity index (χ4n) is 7.37. The Morgan fingerprint density at radius 3 is 2.48 bits per heavy atom. The normalized spacial score (nSPS) is 19.1. The van der Waals surface area contributed by atoms with Crippen LogP contribution in [0.4, 0.5) is 17.3 Å². The Labute approximate surface area is 281 Å². The number of imide groups is 1. The van der Waals surface area contributed by atoms with Crippen LogP contribution in [0.1, 0.15) is 72.1 Å². The van der Waals surface area contributed by atoms with E-state index in [4.69, 9.17) is 4.98 Å². The highest BCUT2D eigenvalue weighted by molar-refractivity contribution is 6.01. The number of fused-ring (bicyclic) bond motifs is 1. The molecular weight excluding hydrogens is 604 g/mol. The van der Waals surface area contributed by atoms with Crippen LogP contribution in [0.25, 0.3) is 11.0 Å². The first-order valence-corrected chi connectivity index (χ1v) is 17.2. The third kappa shape index (κ3) is 6.78. The number of piperidine rings is 1. The molecule has 7 rings (SSSR count). The number of rotatable bonds is 9. The van der Waals surface area contributed by atoms with E-state index >= 15 is 0 Å². The summed E-state index contributed by atoms with van der Waals surface area (Å²) >= 11 is 0. The van der Waals surface area contributed by atoms with Crippen LogP contribution in [0.3, 0.4) is 0 Å². The number of nitrogens with zero attached hydrogens (tertiary/aromatic N) is 6. The molecule has 1 unspecified atom stereocenters. The van der Waals surface area contributed by atoms with Crippen molar-refractivity contribution < 1.29 is 14.4 Å². The van der Waals surface area contributed by atoms with Crippen molar-refractivity contribution in [2.75, 3.05) is 57.0 Å². The fraction of sp³-hybridized carbons (Fsp3) is 0.432. The molecular formula is C37H44N8O3. The molecule has 3 aliphatic rings. The lowest BCUT2D eigenvalue weighted by molar-refractivity contribution is -0.134. The summed E-state index contributed by atoms with van der Waals surface area (Å²) < 4.78 is 2.14. The van der Waals surface area contributed by atoms with Gasteiger partial charge in [0.15, 0.2) is 0 Å². The number of amides is 3. The first kappa shape index (κ1) is 31.8. The average Bonchev–Trinajstić information content (AvgIpc) is 3.76. The Hall–Kier alpha value is -4.77. The SMILES string of the molecule is CN(C)C(=O)c1cc2cnc(Nc3ccc(N4CCN(CCc5cccc(C6CCC(=O)NC6=O)c5)CC4)cc3)nc2n1C1CCCC1. The van der Waals surface area contributed by atoms with Gasteiger partial charge in [-0.2, -0.15) is 4.98 Å². The second-order valence-corrected chi connectivity index (χ2v) is 13.5. The maximum Gasteiger partial charge on any atom is 0.270 e. The Morgan fingerprint density at radius 1 is 0.979 bits per heavy atom. The van der Waals surface area contributed by atoms with Crippen LogP contribution in [-0.4, -0.2) is 88.9 Å². The predicted octanol–water partition coefficient (Wildman–Crippen LogP) is 4.88. The molecule has 2 aliphatic heterocycles. The molecule has 11 nitrogen and oxygen atoms in total. The van der Waals surface area contributed by atoms with Crippen molar-refractivity contribution in [2.45, 2.75) is 56.9 Å². The van der Waals surface area contributed by atoms with Crippen LogP contribution < -0.4 is 15.5 Å². The molecule has 11 heteroatoms. The summed E-state index contributed by atoms with van der Waals surface area (Å²) in [4.78, 5) is 52.9. The van der Waals surface area contributed by atoms with Gasteiger partial charge in [-0.25, -0.2) is 4.98 Å². The molecule has 2 aromatic carbocycles. The van der Waals surface area contributed by atoms with E-state index in [1.165, 1.54) is 24.1 Å². The van der Waals surface area contributed by atoms with Gasteiger partial charge in [-0.05, 0) is 67.1 Å². The third-order valence-corrected chi connectivity index (χ3v) is 10.1. The number of benzene rings is 2. The van der Waals surface area contributed by atoms with E-state index in [2.05, 4.69) is 66.4 Å². The Balaban J connectivity index is 0.945. The summed E-state index contributed by atoms with van der Waals surface area (Å²) in [5, 5.41) is 6.74. The minimum atomic E-state index is -0.244. The van der Waals surface area contributed by atoms with Crippen LogP contribution in [0.5, 0.6) is 0 Å². The van der Waals surface area contributed by atoms with Crippen LogP contribution in [-0.2, 0) is 16.0 Å². The minimum absolute atomic E-state index is 0.0114. The van der Waals surface area contributed by atoms with Gasteiger partial charge in [0.2, 0.25) is 17.8 Å². The zero-order chi connectivity index (χ0) is 33.2. The first-order valence-electron chi connectivity index (χ1n) is 17.2. The van der Waals surface area contributed by atoms with Crippen LogP contribution in [0, 0.1) is 0 Å². The summed E-state index contributed by atoms with van der Waals surface area (Å²) in [6, 6.07) is 18.9. The second kappa shape index (κ2) is 13.8. The monoisotopic (exact) mass is 648 g/mol. The third-order valence-electron chi connectivity index (χ3n) is 10.1. The summed E-state index contributed by atoms with van der Waals surface area (Å²) in [5.74, 6) is -0.0972. The van der Waals surface area contributed by atoms with E-state index in [0.717, 1.165) is 74.3 Å². The van der Waals surface area contributed by atoms with Gasteiger partial charge in [0.25, 0.3) is 5.91 Å². The molecule has 0 radical (unpaired) electrons. The zero-order valence-electron chi connectivity index (χ0n) is 27.8. The van der Waals surface area contributed by atoms with Crippen molar-refractivity contribution in [3.05, 3.63) is 77.6 Å². The maximum absolute atomic E-state index is 13.0. The smallest absolute Gasteiger partial charge is 0.270 e. The van der Waals surface area contributed by atoms with Gasteiger partial charge in [0, 0.05) is 82.2 Å². The lowest BCUT2D eigenvalue weighted by Gasteiger charge is -2.36. The highest BCUT2D eigenvalue weighted by Gasteiger charge is 2.29. The van der Waals surface area contributed by atoms with Gasteiger partial charge in [-0.15, -0.1) is 0 Å². The number of anilines is 3.